The lowest BCUT2D eigenvalue weighted by atomic mass is 10.1. The predicted molar refractivity (Wildman–Crippen MR) is 164 cm³/mol. The molecule has 0 aliphatic carbocycles. The van der Waals surface area contributed by atoms with Crippen LogP contribution in [0.25, 0.3) is 6.08 Å². The van der Waals surface area contributed by atoms with Crippen molar-refractivity contribution in [2.24, 2.45) is 0 Å². The summed E-state index contributed by atoms with van der Waals surface area (Å²) < 4.78 is 4.22. The van der Waals surface area contributed by atoms with Crippen LogP contribution in [0.1, 0.15) is 29.8 Å². The van der Waals surface area contributed by atoms with E-state index in [1.807, 2.05) is 49.4 Å². The molecule has 4 rings (SSSR count). The number of aromatic nitrogens is 2. The van der Waals surface area contributed by atoms with Crippen LogP contribution in [0.5, 0.6) is 0 Å². The zero-order valence-electron chi connectivity index (χ0n) is 21.8. The minimum Gasteiger partial charge on any atom is -0.321 e. The van der Waals surface area contributed by atoms with E-state index in [-0.39, 0.29) is 11.6 Å². The number of carbonyl (C=O) groups is 3. The van der Waals surface area contributed by atoms with Crippen LogP contribution in [0.2, 0.25) is 0 Å². The van der Waals surface area contributed by atoms with Crippen molar-refractivity contribution in [1.82, 2.24) is 14.7 Å². The molecular formula is C29H27N5O3S3. The highest BCUT2D eigenvalue weighted by Crippen LogP contribution is 2.27. The molecule has 40 heavy (non-hydrogen) atoms. The number of nitrogens with one attached hydrogen (secondary N) is 3. The van der Waals surface area contributed by atoms with E-state index in [1.54, 1.807) is 55.5 Å². The second kappa shape index (κ2) is 14.5. The van der Waals surface area contributed by atoms with E-state index in [4.69, 9.17) is 0 Å². The van der Waals surface area contributed by atoms with Gasteiger partial charge in [0, 0.05) is 27.7 Å². The first-order valence-electron chi connectivity index (χ1n) is 12.4. The Labute approximate surface area is 245 Å². The van der Waals surface area contributed by atoms with Crippen molar-refractivity contribution in [3.63, 3.8) is 0 Å². The number of rotatable bonds is 11. The largest absolute Gasteiger partial charge is 0.321 e. The average molecular weight is 590 g/mol. The van der Waals surface area contributed by atoms with Crippen molar-refractivity contribution in [2.45, 2.75) is 29.1 Å². The standard InChI is InChI=1S/C29H27N5O3S3/c1-3-38-29-33-28(40-34-29)32-25(35)19(2)39-23-16-10-15-22(18-23)30-27(37)24(17-20-11-6-4-7-12-20)31-26(36)21-13-8-5-9-14-21/h4-19H,3H2,1-2H3,(H,30,37)(H,31,36)(H,32,33,34,35)/b24-17-. The lowest BCUT2D eigenvalue weighted by Crippen LogP contribution is -2.30. The van der Waals surface area contributed by atoms with Crippen molar-refractivity contribution >= 4 is 69.7 Å². The Kier molecular flexibility index (Phi) is 10.5. The Bertz CT molecular complexity index is 1490. The summed E-state index contributed by atoms with van der Waals surface area (Å²) in [5, 5.41) is 9.10. The van der Waals surface area contributed by atoms with Gasteiger partial charge < -0.3 is 10.6 Å². The fourth-order valence-corrected chi connectivity index (χ4v) is 5.62. The summed E-state index contributed by atoms with van der Waals surface area (Å²) in [6.45, 7) is 3.81. The molecule has 0 saturated carbocycles. The summed E-state index contributed by atoms with van der Waals surface area (Å²) >= 11 is 4.02. The molecular weight excluding hydrogens is 563 g/mol. The Balaban J connectivity index is 1.44. The molecule has 0 saturated heterocycles. The lowest BCUT2D eigenvalue weighted by molar-refractivity contribution is -0.115. The lowest BCUT2D eigenvalue weighted by Gasteiger charge is -2.13. The maximum absolute atomic E-state index is 13.3. The van der Waals surface area contributed by atoms with Crippen LogP contribution in [-0.2, 0) is 9.59 Å². The summed E-state index contributed by atoms with van der Waals surface area (Å²) in [7, 11) is 0. The van der Waals surface area contributed by atoms with Gasteiger partial charge in [-0.15, -0.1) is 11.8 Å². The molecule has 0 aliphatic heterocycles. The fraction of sp³-hybridized carbons (Fsp3) is 0.138. The number of carbonyl (C=O) groups excluding carboxylic acids is 3. The van der Waals surface area contributed by atoms with Gasteiger partial charge in [0.1, 0.15) is 5.70 Å². The number of anilines is 2. The van der Waals surface area contributed by atoms with E-state index in [9.17, 15) is 14.4 Å². The molecule has 1 heterocycles. The molecule has 0 spiro atoms. The minimum absolute atomic E-state index is 0.100. The van der Waals surface area contributed by atoms with Crippen molar-refractivity contribution in [1.29, 1.82) is 0 Å². The van der Waals surface area contributed by atoms with E-state index in [0.29, 0.717) is 21.5 Å². The maximum atomic E-state index is 13.3. The summed E-state index contributed by atoms with van der Waals surface area (Å²) in [6, 6.07) is 25.2. The quantitative estimate of drug-likeness (QED) is 0.141. The molecule has 3 aromatic carbocycles. The fourth-order valence-electron chi connectivity index (χ4n) is 3.42. The topological polar surface area (TPSA) is 113 Å². The van der Waals surface area contributed by atoms with E-state index < -0.39 is 17.1 Å². The van der Waals surface area contributed by atoms with Gasteiger partial charge in [-0.25, -0.2) is 0 Å². The van der Waals surface area contributed by atoms with E-state index >= 15 is 0 Å². The summed E-state index contributed by atoms with van der Waals surface area (Å²) in [5.74, 6) is -0.206. The van der Waals surface area contributed by atoms with Gasteiger partial charge in [0.05, 0.1) is 5.25 Å². The van der Waals surface area contributed by atoms with Crippen LogP contribution >= 0.6 is 35.1 Å². The van der Waals surface area contributed by atoms with Crippen LogP contribution in [0.15, 0.2) is 101 Å². The molecule has 3 amide bonds. The Morgan fingerprint density at radius 3 is 2.40 bits per heavy atom. The number of nitrogens with zero attached hydrogens (tertiary/aromatic N) is 2. The molecule has 0 radical (unpaired) electrons. The summed E-state index contributed by atoms with van der Waals surface area (Å²) in [4.78, 5) is 43.9. The monoisotopic (exact) mass is 589 g/mol. The van der Waals surface area contributed by atoms with Gasteiger partial charge in [0.2, 0.25) is 16.2 Å². The Morgan fingerprint density at radius 1 is 0.950 bits per heavy atom. The molecule has 11 heteroatoms. The molecule has 204 valence electrons. The van der Waals surface area contributed by atoms with Crippen molar-refractivity contribution in [2.75, 3.05) is 16.4 Å². The Hall–Kier alpha value is -3.93. The number of hydrogen-bond donors (Lipinski definition) is 3. The van der Waals surface area contributed by atoms with E-state index in [0.717, 1.165) is 27.7 Å². The SMILES string of the molecule is CCSc1nsc(NC(=O)C(C)Sc2cccc(NC(=O)/C(=C/c3ccccc3)NC(=O)c3ccccc3)c2)n1. The molecule has 1 unspecified atom stereocenters. The zero-order valence-corrected chi connectivity index (χ0v) is 24.2. The molecule has 0 fully saturated rings. The van der Waals surface area contributed by atoms with Crippen molar-refractivity contribution in [3.05, 3.63) is 102 Å². The molecule has 1 aromatic heterocycles. The highest BCUT2D eigenvalue weighted by Gasteiger charge is 2.18. The maximum Gasteiger partial charge on any atom is 0.272 e. The predicted octanol–water partition coefficient (Wildman–Crippen LogP) is 6.18. The molecule has 8 nitrogen and oxygen atoms in total. The van der Waals surface area contributed by atoms with Crippen LogP contribution in [0, 0.1) is 0 Å². The second-order valence-electron chi connectivity index (χ2n) is 8.34. The summed E-state index contributed by atoms with van der Waals surface area (Å²) in [6.07, 6.45) is 1.62. The third-order valence-electron chi connectivity index (χ3n) is 5.32. The first-order valence-corrected chi connectivity index (χ1v) is 15.0. The molecule has 1 atom stereocenters. The zero-order chi connectivity index (χ0) is 28.3. The number of thioether (sulfide) groups is 2. The van der Waals surface area contributed by atoms with Gasteiger partial charge in [-0.1, -0.05) is 73.3 Å². The van der Waals surface area contributed by atoms with Crippen LogP contribution < -0.4 is 16.0 Å². The van der Waals surface area contributed by atoms with Gasteiger partial charge in [-0.2, -0.15) is 9.36 Å². The smallest absolute Gasteiger partial charge is 0.272 e. The van der Waals surface area contributed by atoms with E-state index in [2.05, 4.69) is 25.3 Å². The third-order valence-corrected chi connectivity index (χ3v) is 7.89. The van der Waals surface area contributed by atoms with Gasteiger partial charge in [0.25, 0.3) is 11.8 Å². The summed E-state index contributed by atoms with van der Waals surface area (Å²) in [5.41, 5.74) is 1.83. The van der Waals surface area contributed by atoms with Crippen molar-refractivity contribution in [3.8, 4) is 0 Å². The minimum atomic E-state index is -0.474. The number of hydrogen-bond acceptors (Lipinski definition) is 8. The van der Waals surface area contributed by atoms with Crippen molar-refractivity contribution < 1.29 is 14.4 Å². The first kappa shape index (κ1) is 29.1. The molecule has 0 aliphatic rings. The number of amides is 3. The van der Waals surface area contributed by atoms with E-state index in [1.165, 1.54) is 23.5 Å². The van der Waals surface area contributed by atoms with Gasteiger partial charge >= 0.3 is 0 Å². The Morgan fingerprint density at radius 2 is 1.68 bits per heavy atom. The average Bonchev–Trinajstić information content (AvgIpc) is 3.40. The highest BCUT2D eigenvalue weighted by atomic mass is 32.2. The van der Waals surface area contributed by atoms with Crippen LogP contribution in [0.4, 0.5) is 10.8 Å². The molecule has 4 aromatic rings. The molecule has 0 bridgehead atoms. The van der Waals surface area contributed by atoms with Gasteiger partial charge in [0.15, 0.2) is 0 Å². The second-order valence-corrected chi connectivity index (χ2v) is 11.7. The van der Waals surface area contributed by atoms with Gasteiger partial charge in [-0.05, 0) is 54.6 Å². The number of benzene rings is 3. The normalized spacial score (nSPS) is 11.9. The van der Waals surface area contributed by atoms with Gasteiger partial charge in [-0.3, -0.25) is 19.7 Å². The first-order chi connectivity index (χ1) is 19.4. The molecule has 3 N–H and O–H groups in total. The van der Waals surface area contributed by atoms with Crippen LogP contribution in [-0.4, -0.2) is 38.1 Å². The van der Waals surface area contributed by atoms with Crippen LogP contribution in [0.3, 0.4) is 0 Å². The third kappa shape index (κ3) is 8.54. The highest BCUT2D eigenvalue weighted by molar-refractivity contribution is 8.00.